The van der Waals surface area contributed by atoms with Crippen LogP contribution in [0, 0.1) is 0 Å². The van der Waals surface area contributed by atoms with Crippen LogP contribution in [0.15, 0.2) is 47.1 Å². The molecule has 2 aromatic rings. The number of anilines is 1. The summed E-state index contributed by atoms with van der Waals surface area (Å²) in [5.41, 5.74) is 0. The van der Waals surface area contributed by atoms with Crippen molar-refractivity contribution < 1.29 is 9.53 Å². The van der Waals surface area contributed by atoms with E-state index in [1.807, 2.05) is 12.1 Å². The largest absolute Gasteiger partial charge is 0.492 e. The summed E-state index contributed by atoms with van der Waals surface area (Å²) in [7, 11) is 0. The van der Waals surface area contributed by atoms with Crippen LogP contribution < -0.4 is 15.4 Å². The van der Waals surface area contributed by atoms with Crippen LogP contribution in [0.3, 0.4) is 0 Å². The van der Waals surface area contributed by atoms with E-state index < -0.39 is 0 Å². The van der Waals surface area contributed by atoms with E-state index in [1.165, 1.54) is 0 Å². The number of halogens is 2. The quantitative estimate of drug-likeness (QED) is 0.737. The normalized spacial score (nSPS) is 10.1. The Balaban J connectivity index is 1.64. The lowest BCUT2D eigenvalue weighted by Crippen LogP contribution is -2.30. The van der Waals surface area contributed by atoms with Gasteiger partial charge in [0.2, 0.25) is 0 Å². The van der Waals surface area contributed by atoms with E-state index in [0.29, 0.717) is 36.2 Å². The molecule has 1 heterocycles. The summed E-state index contributed by atoms with van der Waals surface area (Å²) in [6.07, 6.45) is 2.28. The number of carbonyl (C=O) groups excluding carboxylic acids is 1. The number of rotatable bonds is 6. The third kappa shape index (κ3) is 5.54. The fourth-order valence-corrected chi connectivity index (χ4v) is 2.18. The number of urea groups is 1. The predicted octanol–water partition coefficient (Wildman–Crippen LogP) is 4.09. The maximum absolute atomic E-state index is 11.7. The monoisotopic (exact) mass is 383 g/mol. The molecule has 1 aromatic carbocycles. The van der Waals surface area contributed by atoms with Gasteiger partial charge in [0, 0.05) is 17.2 Å². The van der Waals surface area contributed by atoms with Gasteiger partial charge in [0.25, 0.3) is 0 Å². The van der Waals surface area contributed by atoms with E-state index in [9.17, 15) is 4.79 Å². The third-order valence-corrected chi connectivity index (χ3v) is 3.47. The lowest BCUT2D eigenvalue weighted by atomic mass is 10.3. The smallest absolute Gasteiger partial charge is 0.320 e. The summed E-state index contributed by atoms with van der Waals surface area (Å²) in [6.45, 7) is 0.962. The first-order valence-corrected chi connectivity index (χ1v) is 7.86. The molecule has 0 radical (unpaired) electrons. The number of hydrogen-bond donors (Lipinski definition) is 2. The Morgan fingerprint density at radius 2 is 2.14 bits per heavy atom. The third-order valence-electron chi connectivity index (χ3n) is 2.66. The standard InChI is InChI=1S/C15H15BrClN3O2/c16-11-6-8-18-14(10-11)20-15(21)19-7-3-9-22-13-5-2-1-4-12(13)17/h1-2,4-6,8,10H,3,7,9H2,(H2,18,19,20,21). The first kappa shape index (κ1) is 16.6. The first-order chi connectivity index (χ1) is 10.6. The van der Waals surface area contributed by atoms with Gasteiger partial charge in [-0.2, -0.15) is 0 Å². The van der Waals surface area contributed by atoms with Gasteiger partial charge in [-0.05, 0) is 30.7 Å². The Labute approximate surface area is 142 Å². The molecule has 0 atom stereocenters. The molecule has 2 amide bonds. The maximum Gasteiger partial charge on any atom is 0.320 e. The van der Waals surface area contributed by atoms with Crippen molar-refractivity contribution in [2.24, 2.45) is 0 Å². The van der Waals surface area contributed by atoms with Gasteiger partial charge in [0.1, 0.15) is 11.6 Å². The Morgan fingerprint density at radius 3 is 2.91 bits per heavy atom. The van der Waals surface area contributed by atoms with Crippen molar-refractivity contribution in [2.45, 2.75) is 6.42 Å². The summed E-state index contributed by atoms with van der Waals surface area (Å²) in [5, 5.41) is 5.96. The molecule has 2 rings (SSSR count). The van der Waals surface area contributed by atoms with E-state index in [1.54, 1.807) is 30.5 Å². The number of para-hydroxylation sites is 1. The summed E-state index contributed by atoms with van der Waals surface area (Å²) in [5.74, 6) is 1.13. The summed E-state index contributed by atoms with van der Waals surface area (Å²) in [6, 6.07) is 10.5. The Bertz CT molecular complexity index is 640. The van der Waals surface area contributed by atoms with Crippen LogP contribution in [-0.2, 0) is 0 Å². The van der Waals surface area contributed by atoms with Crippen molar-refractivity contribution >= 4 is 39.4 Å². The molecule has 0 bridgehead atoms. The molecule has 0 fully saturated rings. The average molecular weight is 385 g/mol. The minimum atomic E-state index is -0.302. The highest BCUT2D eigenvalue weighted by Crippen LogP contribution is 2.22. The van der Waals surface area contributed by atoms with Crippen LogP contribution in [0.1, 0.15) is 6.42 Å². The van der Waals surface area contributed by atoms with E-state index in [-0.39, 0.29) is 6.03 Å². The van der Waals surface area contributed by atoms with Gasteiger partial charge in [0.05, 0.1) is 11.6 Å². The van der Waals surface area contributed by atoms with Gasteiger partial charge < -0.3 is 10.1 Å². The molecule has 0 aliphatic heterocycles. The summed E-state index contributed by atoms with van der Waals surface area (Å²) < 4.78 is 6.38. The molecule has 0 aliphatic rings. The summed E-state index contributed by atoms with van der Waals surface area (Å²) in [4.78, 5) is 15.7. The van der Waals surface area contributed by atoms with Gasteiger partial charge in [0.15, 0.2) is 0 Å². The Morgan fingerprint density at radius 1 is 1.32 bits per heavy atom. The van der Waals surface area contributed by atoms with Gasteiger partial charge in [-0.1, -0.05) is 39.7 Å². The minimum absolute atomic E-state index is 0.302. The number of carbonyl (C=O) groups is 1. The fourth-order valence-electron chi connectivity index (χ4n) is 1.65. The number of nitrogens with one attached hydrogen (secondary N) is 2. The van der Waals surface area contributed by atoms with Crippen LogP contribution in [-0.4, -0.2) is 24.2 Å². The van der Waals surface area contributed by atoms with Crippen LogP contribution in [0.25, 0.3) is 0 Å². The van der Waals surface area contributed by atoms with E-state index in [0.717, 1.165) is 4.47 Å². The second-order valence-electron chi connectivity index (χ2n) is 4.37. The number of ether oxygens (including phenoxy) is 1. The molecule has 5 nitrogen and oxygen atoms in total. The summed E-state index contributed by atoms with van der Waals surface area (Å²) >= 11 is 9.29. The molecule has 7 heteroatoms. The molecule has 1 aromatic heterocycles. The van der Waals surface area contributed by atoms with Gasteiger partial charge >= 0.3 is 6.03 Å². The number of aromatic nitrogens is 1. The van der Waals surface area contributed by atoms with Crippen molar-refractivity contribution in [1.82, 2.24) is 10.3 Å². The average Bonchev–Trinajstić information content (AvgIpc) is 2.48. The highest BCUT2D eigenvalue weighted by molar-refractivity contribution is 9.10. The van der Waals surface area contributed by atoms with Crippen LogP contribution in [0.5, 0.6) is 5.75 Å². The predicted molar refractivity (Wildman–Crippen MR) is 90.5 cm³/mol. The minimum Gasteiger partial charge on any atom is -0.492 e. The van der Waals surface area contributed by atoms with Gasteiger partial charge in [-0.25, -0.2) is 9.78 Å². The zero-order valence-electron chi connectivity index (χ0n) is 11.7. The Hall–Kier alpha value is -1.79. The molecule has 116 valence electrons. The highest BCUT2D eigenvalue weighted by atomic mass is 79.9. The van der Waals surface area contributed by atoms with Gasteiger partial charge in [-0.3, -0.25) is 5.32 Å². The van der Waals surface area contributed by atoms with E-state index >= 15 is 0 Å². The number of nitrogens with zero attached hydrogens (tertiary/aromatic N) is 1. The zero-order valence-corrected chi connectivity index (χ0v) is 14.0. The fraction of sp³-hybridized carbons (Fsp3) is 0.200. The second kappa shape index (κ2) is 8.60. The highest BCUT2D eigenvalue weighted by Gasteiger charge is 2.03. The Kier molecular flexibility index (Phi) is 6.48. The van der Waals surface area contributed by atoms with Gasteiger partial charge in [-0.15, -0.1) is 0 Å². The zero-order chi connectivity index (χ0) is 15.8. The molecule has 0 spiro atoms. The van der Waals surface area contributed by atoms with Crippen LogP contribution in [0.4, 0.5) is 10.6 Å². The number of hydrogen-bond acceptors (Lipinski definition) is 3. The number of pyridine rings is 1. The first-order valence-electron chi connectivity index (χ1n) is 6.69. The molecule has 0 aliphatic carbocycles. The SMILES string of the molecule is O=C(NCCCOc1ccccc1Cl)Nc1cc(Br)ccn1. The molecule has 0 saturated heterocycles. The van der Waals surface area contributed by atoms with Crippen molar-refractivity contribution in [3.8, 4) is 5.75 Å². The molecule has 0 saturated carbocycles. The second-order valence-corrected chi connectivity index (χ2v) is 5.70. The van der Waals surface area contributed by atoms with E-state index in [4.69, 9.17) is 16.3 Å². The topological polar surface area (TPSA) is 63.2 Å². The molecule has 2 N–H and O–H groups in total. The number of amides is 2. The lowest BCUT2D eigenvalue weighted by Gasteiger charge is -2.09. The molecule has 0 unspecified atom stereocenters. The van der Waals surface area contributed by atoms with Crippen molar-refractivity contribution in [3.05, 3.63) is 52.1 Å². The molecular weight excluding hydrogens is 370 g/mol. The number of benzene rings is 1. The van der Waals surface area contributed by atoms with Crippen molar-refractivity contribution in [2.75, 3.05) is 18.5 Å². The molecular formula is C15H15BrClN3O2. The van der Waals surface area contributed by atoms with E-state index in [2.05, 4.69) is 31.5 Å². The van der Waals surface area contributed by atoms with Crippen LogP contribution >= 0.6 is 27.5 Å². The maximum atomic E-state index is 11.7. The van der Waals surface area contributed by atoms with Crippen molar-refractivity contribution in [1.29, 1.82) is 0 Å². The molecule has 22 heavy (non-hydrogen) atoms. The lowest BCUT2D eigenvalue weighted by molar-refractivity contribution is 0.250. The van der Waals surface area contributed by atoms with Crippen molar-refractivity contribution in [3.63, 3.8) is 0 Å². The van der Waals surface area contributed by atoms with Crippen LogP contribution in [0.2, 0.25) is 5.02 Å².